The van der Waals surface area contributed by atoms with Crippen LogP contribution in [0.4, 0.5) is 0 Å². The van der Waals surface area contributed by atoms with Crippen LogP contribution >= 0.6 is 0 Å². The first kappa shape index (κ1) is 18.7. The molecule has 29 heavy (non-hydrogen) atoms. The van der Waals surface area contributed by atoms with Crippen molar-refractivity contribution in [2.45, 2.75) is 13.5 Å². The van der Waals surface area contributed by atoms with E-state index in [4.69, 9.17) is 14.7 Å². The van der Waals surface area contributed by atoms with Gasteiger partial charge in [-0.15, -0.1) is 0 Å². The summed E-state index contributed by atoms with van der Waals surface area (Å²) in [5.41, 5.74) is 5.38. The molecule has 6 nitrogen and oxygen atoms in total. The van der Waals surface area contributed by atoms with Crippen LogP contribution in [0, 0.1) is 11.3 Å². The Balaban J connectivity index is 1.94. The minimum Gasteiger partial charge on any atom is -0.461 e. The van der Waals surface area contributed by atoms with Crippen LogP contribution in [0.3, 0.4) is 0 Å². The number of pyridine rings is 1. The van der Waals surface area contributed by atoms with Crippen LogP contribution in [0.15, 0.2) is 48.7 Å². The van der Waals surface area contributed by atoms with Crippen molar-refractivity contribution in [1.29, 1.82) is 5.26 Å². The van der Waals surface area contributed by atoms with Gasteiger partial charge in [-0.3, -0.25) is 0 Å². The van der Waals surface area contributed by atoms with E-state index in [1.807, 2.05) is 24.3 Å². The Morgan fingerprint density at radius 3 is 2.59 bits per heavy atom. The smallest absolute Gasteiger partial charge is 0.357 e. The molecule has 0 aliphatic heterocycles. The summed E-state index contributed by atoms with van der Waals surface area (Å²) in [6, 6.07) is 15.7. The van der Waals surface area contributed by atoms with Crippen molar-refractivity contribution in [2.75, 3.05) is 13.7 Å². The minimum atomic E-state index is -0.459. The highest BCUT2D eigenvalue weighted by Gasteiger charge is 2.20. The van der Waals surface area contributed by atoms with Gasteiger partial charge in [-0.05, 0) is 42.3 Å². The largest absolute Gasteiger partial charge is 0.461 e. The number of H-pyrrole nitrogens is 1. The summed E-state index contributed by atoms with van der Waals surface area (Å²) >= 11 is 0. The molecule has 0 bridgehead atoms. The molecule has 0 fully saturated rings. The molecule has 2 heterocycles. The quantitative estimate of drug-likeness (QED) is 0.508. The fourth-order valence-electron chi connectivity index (χ4n) is 3.54. The summed E-state index contributed by atoms with van der Waals surface area (Å²) in [4.78, 5) is 20.1. The number of fused-ring (bicyclic) bond motifs is 3. The van der Waals surface area contributed by atoms with Crippen LogP contribution in [0.5, 0.6) is 0 Å². The molecule has 2 aromatic heterocycles. The molecule has 0 aliphatic rings. The van der Waals surface area contributed by atoms with Gasteiger partial charge in [0.1, 0.15) is 0 Å². The number of hydrogen-bond donors (Lipinski definition) is 1. The molecule has 2 aromatic carbocycles. The maximum atomic E-state index is 12.4. The SMILES string of the molecule is CCOC(=O)c1ncc2[nH]c3ccc(-c4ccc(C#N)cc4)cc3c2c1COC. The van der Waals surface area contributed by atoms with Crippen molar-refractivity contribution >= 4 is 27.8 Å². The van der Waals surface area contributed by atoms with Crippen LogP contribution in [-0.4, -0.2) is 29.7 Å². The number of ether oxygens (including phenoxy) is 2. The lowest BCUT2D eigenvalue weighted by Gasteiger charge is -2.09. The van der Waals surface area contributed by atoms with Crippen molar-refractivity contribution < 1.29 is 14.3 Å². The highest BCUT2D eigenvalue weighted by molar-refractivity contribution is 6.12. The third-order valence-electron chi connectivity index (χ3n) is 4.84. The summed E-state index contributed by atoms with van der Waals surface area (Å²) in [6.45, 7) is 2.29. The number of benzene rings is 2. The predicted octanol–water partition coefficient (Wildman–Crippen LogP) is 4.58. The van der Waals surface area contributed by atoms with Gasteiger partial charge in [0.25, 0.3) is 0 Å². The maximum Gasteiger partial charge on any atom is 0.357 e. The second-order valence-electron chi connectivity index (χ2n) is 6.60. The lowest BCUT2D eigenvalue weighted by atomic mass is 10.00. The van der Waals surface area contributed by atoms with E-state index < -0.39 is 5.97 Å². The average molecular weight is 385 g/mol. The van der Waals surface area contributed by atoms with Crippen molar-refractivity contribution in [3.8, 4) is 17.2 Å². The summed E-state index contributed by atoms with van der Waals surface area (Å²) in [5.74, 6) is -0.459. The Hall–Kier alpha value is -3.69. The fourth-order valence-corrected chi connectivity index (χ4v) is 3.54. The Labute approximate surface area is 167 Å². The zero-order valence-corrected chi connectivity index (χ0v) is 16.2. The topological polar surface area (TPSA) is 88.0 Å². The van der Waals surface area contributed by atoms with E-state index in [1.54, 1.807) is 32.4 Å². The molecule has 0 aliphatic carbocycles. The lowest BCUT2D eigenvalue weighted by Crippen LogP contribution is -2.11. The molecule has 1 N–H and O–H groups in total. The number of nitrogens with zero attached hydrogens (tertiary/aromatic N) is 2. The zero-order chi connectivity index (χ0) is 20.4. The van der Waals surface area contributed by atoms with Crippen LogP contribution in [0.2, 0.25) is 0 Å². The standard InChI is InChI=1S/C23H19N3O3/c1-3-29-23(27)22-18(13-28-2)21-17-10-16(15-6-4-14(11-24)5-7-15)8-9-19(17)26-20(21)12-25-22/h4-10,12,26H,3,13H2,1-2H3. The number of methoxy groups -OCH3 is 1. The third kappa shape index (κ3) is 3.33. The number of nitriles is 1. The predicted molar refractivity (Wildman–Crippen MR) is 110 cm³/mol. The van der Waals surface area contributed by atoms with E-state index in [2.05, 4.69) is 22.1 Å². The molecule has 4 rings (SSSR count). The summed E-state index contributed by atoms with van der Waals surface area (Å²) in [7, 11) is 1.59. The van der Waals surface area contributed by atoms with Gasteiger partial charge in [0, 0.05) is 29.0 Å². The van der Waals surface area contributed by atoms with E-state index in [-0.39, 0.29) is 18.9 Å². The van der Waals surface area contributed by atoms with Crippen LogP contribution in [0.25, 0.3) is 32.9 Å². The van der Waals surface area contributed by atoms with E-state index in [1.165, 1.54) is 0 Å². The Bertz CT molecular complexity index is 1250. The van der Waals surface area contributed by atoms with Gasteiger partial charge >= 0.3 is 5.97 Å². The molecule has 0 amide bonds. The van der Waals surface area contributed by atoms with Gasteiger partial charge in [0.05, 0.1) is 36.6 Å². The monoisotopic (exact) mass is 385 g/mol. The number of nitrogens with one attached hydrogen (secondary N) is 1. The van der Waals surface area contributed by atoms with Gasteiger partial charge in [-0.2, -0.15) is 5.26 Å². The highest BCUT2D eigenvalue weighted by atomic mass is 16.5. The first-order valence-electron chi connectivity index (χ1n) is 9.26. The molecule has 0 saturated carbocycles. The fraction of sp³-hybridized carbons (Fsp3) is 0.174. The van der Waals surface area contributed by atoms with Gasteiger partial charge in [0.15, 0.2) is 5.69 Å². The molecule has 0 atom stereocenters. The van der Waals surface area contributed by atoms with Crippen molar-refractivity contribution in [2.24, 2.45) is 0 Å². The first-order chi connectivity index (χ1) is 14.2. The molecule has 0 spiro atoms. The molecule has 144 valence electrons. The second-order valence-corrected chi connectivity index (χ2v) is 6.60. The number of carbonyl (C=O) groups excluding carboxylic acids is 1. The normalized spacial score (nSPS) is 10.9. The molecule has 4 aromatic rings. The number of rotatable bonds is 5. The van der Waals surface area contributed by atoms with Crippen LogP contribution < -0.4 is 0 Å². The summed E-state index contributed by atoms with van der Waals surface area (Å²) < 4.78 is 10.5. The molecule has 0 radical (unpaired) electrons. The van der Waals surface area contributed by atoms with E-state index in [9.17, 15) is 4.79 Å². The molecule has 6 heteroatoms. The summed E-state index contributed by atoms with van der Waals surface area (Å²) in [6.07, 6.45) is 1.65. The summed E-state index contributed by atoms with van der Waals surface area (Å²) in [5, 5.41) is 10.9. The zero-order valence-electron chi connectivity index (χ0n) is 16.2. The molecule has 0 saturated heterocycles. The number of esters is 1. The van der Waals surface area contributed by atoms with Crippen molar-refractivity contribution in [3.05, 3.63) is 65.5 Å². The van der Waals surface area contributed by atoms with E-state index in [0.717, 1.165) is 32.9 Å². The Kier molecular flexibility index (Phi) is 4.98. The third-order valence-corrected chi connectivity index (χ3v) is 4.84. The second kappa shape index (κ2) is 7.74. The van der Waals surface area contributed by atoms with Gasteiger partial charge in [-0.1, -0.05) is 18.2 Å². The van der Waals surface area contributed by atoms with E-state index in [0.29, 0.717) is 11.1 Å². The van der Waals surface area contributed by atoms with Crippen LogP contribution in [0.1, 0.15) is 28.5 Å². The van der Waals surface area contributed by atoms with Crippen molar-refractivity contribution in [3.63, 3.8) is 0 Å². The van der Waals surface area contributed by atoms with Gasteiger partial charge in [0.2, 0.25) is 0 Å². The minimum absolute atomic E-state index is 0.243. The number of hydrogen-bond acceptors (Lipinski definition) is 5. The van der Waals surface area contributed by atoms with Gasteiger partial charge < -0.3 is 14.5 Å². The molecular formula is C23H19N3O3. The van der Waals surface area contributed by atoms with Gasteiger partial charge in [-0.25, -0.2) is 9.78 Å². The van der Waals surface area contributed by atoms with Crippen molar-refractivity contribution in [1.82, 2.24) is 9.97 Å². The first-order valence-corrected chi connectivity index (χ1v) is 9.26. The molecular weight excluding hydrogens is 366 g/mol. The lowest BCUT2D eigenvalue weighted by molar-refractivity contribution is 0.0514. The Morgan fingerprint density at radius 2 is 1.90 bits per heavy atom. The average Bonchev–Trinajstić information content (AvgIpc) is 3.12. The Morgan fingerprint density at radius 1 is 1.14 bits per heavy atom. The number of aromatic nitrogens is 2. The number of carbonyl (C=O) groups is 1. The molecule has 0 unspecified atom stereocenters. The number of aromatic amines is 1. The highest BCUT2D eigenvalue weighted by Crippen LogP contribution is 2.33. The maximum absolute atomic E-state index is 12.4. The van der Waals surface area contributed by atoms with Crippen LogP contribution in [-0.2, 0) is 16.1 Å². The van der Waals surface area contributed by atoms with E-state index >= 15 is 0 Å².